The van der Waals surface area contributed by atoms with E-state index in [-0.39, 0.29) is 0 Å². The van der Waals surface area contributed by atoms with Gasteiger partial charge in [-0.2, -0.15) is 10.1 Å². The van der Waals surface area contributed by atoms with Crippen LogP contribution in [0.3, 0.4) is 0 Å². The van der Waals surface area contributed by atoms with Crippen LogP contribution in [0.25, 0.3) is 0 Å². The molecular weight excluding hydrogens is 206 g/mol. The molecule has 2 heterocycles. The SMILES string of the molecule is CNCc1c(C)nn(Cc2ncon2)c1C. The van der Waals surface area contributed by atoms with E-state index in [9.17, 15) is 0 Å². The van der Waals surface area contributed by atoms with Crippen LogP contribution in [0, 0.1) is 13.8 Å². The van der Waals surface area contributed by atoms with Crippen molar-refractivity contribution in [3.8, 4) is 0 Å². The molecule has 6 nitrogen and oxygen atoms in total. The maximum Gasteiger partial charge on any atom is 0.213 e. The summed E-state index contributed by atoms with van der Waals surface area (Å²) in [6.07, 6.45) is 1.33. The van der Waals surface area contributed by atoms with Gasteiger partial charge < -0.3 is 9.84 Å². The van der Waals surface area contributed by atoms with Gasteiger partial charge in [0.05, 0.1) is 5.69 Å². The fourth-order valence-corrected chi connectivity index (χ4v) is 1.72. The molecule has 6 heteroatoms. The summed E-state index contributed by atoms with van der Waals surface area (Å²) < 4.78 is 6.59. The molecule has 1 N–H and O–H groups in total. The van der Waals surface area contributed by atoms with Crippen LogP contribution in [0.15, 0.2) is 10.9 Å². The van der Waals surface area contributed by atoms with Crippen molar-refractivity contribution in [2.45, 2.75) is 26.9 Å². The molecule has 16 heavy (non-hydrogen) atoms. The Balaban J connectivity index is 2.25. The predicted molar refractivity (Wildman–Crippen MR) is 57.9 cm³/mol. The van der Waals surface area contributed by atoms with Crippen molar-refractivity contribution in [3.05, 3.63) is 29.2 Å². The van der Waals surface area contributed by atoms with Gasteiger partial charge in [0.25, 0.3) is 0 Å². The van der Waals surface area contributed by atoms with Crippen molar-refractivity contribution in [1.82, 2.24) is 25.2 Å². The number of aryl methyl sites for hydroxylation is 1. The molecule has 0 radical (unpaired) electrons. The fourth-order valence-electron chi connectivity index (χ4n) is 1.72. The molecular formula is C10H15N5O. The van der Waals surface area contributed by atoms with E-state index < -0.39 is 0 Å². The van der Waals surface area contributed by atoms with Crippen molar-refractivity contribution in [2.24, 2.45) is 0 Å². The molecule has 0 aliphatic carbocycles. The monoisotopic (exact) mass is 221 g/mol. The number of hydrogen-bond acceptors (Lipinski definition) is 5. The van der Waals surface area contributed by atoms with Gasteiger partial charge in [0.1, 0.15) is 6.54 Å². The molecule has 2 rings (SSSR count). The average molecular weight is 221 g/mol. The lowest BCUT2D eigenvalue weighted by Gasteiger charge is -2.02. The minimum Gasteiger partial charge on any atom is -0.343 e. The van der Waals surface area contributed by atoms with Crippen LogP contribution in [-0.4, -0.2) is 27.0 Å². The van der Waals surface area contributed by atoms with E-state index in [2.05, 4.69) is 20.6 Å². The lowest BCUT2D eigenvalue weighted by Crippen LogP contribution is -2.08. The fraction of sp³-hybridized carbons (Fsp3) is 0.500. The van der Waals surface area contributed by atoms with Gasteiger partial charge in [0.2, 0.25) is 6.39 Å². The van der Waals surface area contributed by atoms with Crippen molar-refractivity contribution in [1.29, 1.82) is 0 Å². The first-order chi connectivity index (χ1) is 7.72. The minimum absolute atomic E-state index is 0.548. The molecule has 0 saturated heterocycles. The van der Waals surface area contributed by atoms with E-state index >= 15 is 0 Å². The van der Waals surface area contributed by atoms with Gasteiger partial charge in [0, 0.05) is 17.8 Å². The van der Waals surface area contributed by atoms with Crippen LogP contribution in [0.1, 0.15) is 22.8 Å². The highest BCUT2D eigenvalue weighted by atomic mass is 16.5. The summed E-state index contributed by atoms with van der Waals surface area (Å²) in [5.74, 6) is 0.640. The number of nitrogens with zero attached hydrogens (tertiary/aromatic N) is 4. The van der Waals surface area contributed by atoms with Crippen molar-refractivity contribution >= 4 is 0 Å². The van der Waals surface area contributed by atoms with Crippen LogP contribution in [0.5, 0.6) is 0 Å². The third kappa shape index (κ3) is 1.96. The largest absolute Gasteiger partial charge is 0.343 e. The molecule has 86 valence electrons. The number of rotatable bonds is 4. The Labute approximate surface area is 93.7 Å². The molecule has 0 saturated carbocycles. The summed E-state index contributed by atoms with van der Waals surface area (Å²) in [7, 11) is 1.93. The van der Waals surface area contributed by atoms with Gasteiger partial charge in [-0.1, -0.05) is 5.16 Å². The number of aromatic nitrogens is 4. The topological polar surface area (TPSA) is 68.8 Å². The van der Waals surface area contributed by atoms with Crippen molar-refractivity contribution < 1.29 is 4.52 Å². The maximum atomic E-state index is 4.70. The summed E-state index contributed by atoms with van der Waals surface area (Å²) >= 11 is 0. The first-order valence-corrected chi connectivity index (χ1v) is 5.15. The molecule has 0 atom stereocenters. The molecule has 0 aromatic carbocycles. The van der Waals surface area contributed by atoms with Crippen LogP contribution < -0.4 is 5.32 Å². The third-order valence-corrected chi connectivity index (χ3v) is 2.58. The van der Waals surface area contributed by atoms with Gasteiger partial charge in [-0.25, -0.2) is 0 Å². The molecule has 0 aliphatic rings. The first kappa shape index (κ1) is 10.8. The normalized spacial score (nSPS) is 10.9. The Hall–Kier alpha value is -1.69. The smallest absolute Gasteiger partial charge is 0.213 e. The van der Waals surface area contributed by atoms with E-state index in [1.807, 2.05) is 25.6 Å². The Morgan fingerprint density at radius 3 is 2.88 bits per heavy atom. The van der Waals surface area contributed by atoms with Gasteiger partial charge in [-0.05, 0) is 20.9 Å². The summed E-state index contributed by atoms with van der Waals surface area (Å²) in [5.41, 5.74) is 3.40. The summed E-state index contributed by atoms with van der Waals surface area (Å²) in [6.45, 7) is 5.43. The van der Waals surface area contributed by atoms with Crippen molar-refractivity contribution in [3.63, 3.8) is 0 Å². The zero-order chi connectivity index (χ0) is 11.5. The minimum atomic E-state index is 0.548. The van der Waals surface area contributed by atoms with Gasteiger partial charge in [-0.3, -0.25) is 4.68 Å². The van der Waals surface area contributed by atoms with Crippen molar-refractivity contribution in [2.75, 3.05) is 7.05 Å². The Morgan fingerprint density at radius 1 is 1.44 bits per heavy atom. The van der Waals surface area contributed by atoms with E-state index in [0.717, 1.165) is 17.9 Å². The lowest BCUT2D eigenvalue weighted by atomic mass is 10.2. The highest BCUT2D eigenvalue weighted by molar-refractivity contribution is 5.24. The average Bonchev–Trinajstić information content (AvgIpc) is 2.84. The Bertz CT molecular complexity index is 460. The molecule has 0 unspecified atom stereocenters. The quantitative estimate of drug-likeness (QED) is 0.821. The molecule has 0 fully saturated rings. The Kier molecular flexibility index (Phi) is 3.00. The van der Waals surface area contributed by atoms with Gasteiger partial charge in [-0.15, -0.1) is 0 Å². The molecule has 0 aliphatic heterocycles. The predicted octanol–water partition coefficient (Wildman–Crippen LogP) is 0.651. The summed E-state index contributed by atoms with van der Waals surface area (Å²) in [6, 6.07) is 0. The van der Waals surface area contributed by atoms with Crippen LogP contribution in [0.2, 0.25) is 0 Å². The number of hydrogen-bond donors (Lipinski definition) is 1. The Morgan fingerprint density at radius 2 is 2.25 bits per heavy atom. The van der Waals surface area contributed by atoms with E-state index in [1.165, 1.54) is 12.0 Å². The van der Waals surface area contributed by atoms with Gasteiger partial charge in [0.15, 0.2) is 5.82 Å². The standard InChI is InChI=1S/C10H15N5O/c1-7-9(4-11-3)8(2)15(13-7)5-10-12-6-16-14-10/h6,11H,4-5H2,1-3H3. The lowest BCUT2D eigenvalue weighted by molar-refractivity contribution is 0.406. The molecule has 0 bridgehead atoms. The highest BCUT2D eigenvalue weighted by Crippen LogP contribution is 2.13. The third-order valence-electron chi connectivity index (χ3n) is 2.58. The van der Waals surface area contributed by atoms with Crippen LogP contribution in [0.4, 0.5) is 0 Å². The molecule has 2 aromatic heterocycles. The van der Waals surface area contributed by atoms with E-state index in [1.54, 1.807) is 0 Å². The van der Waals surface area contributed by atoms with E-state index in [0.29, 0.717) is 12.4 Å². The van der Waals surface area contributed by atoms with Crippen LogP contribution in [-0.2, 0) is 13.1 Å². The van der Waals surface area contributed by atoms with Crippen LogP contribution >= 0.6 is 0 Å². The summed E-state index contributed by atoms with van der Waals surface area (Å²) in [4.78, 5) is 3.98. The number of nitrogens with one attached hydrogen (secondary N) is 1. The highest BCUT2D eigenvalue weighted by Gasteiger charge is 2.12. The van der Waals surface area contributed by atoms with Gasteiger partial charge >= 0.3 is 0 Å². The zero-order valence-corrected chi connectivity index (χ0v) is 9.69. The molecule has 0 amide bonds. The van der Waals surface area contributed by atoms with E-state index in [4.69, 9.17) is 4.52 Å². The second-order valence-electron chi connectivity index (χ2n) is 3.68. The summed E-state index contributed by atoms with van der Waals surface area (Å²) in [5, 5.41) is 11.4. The maximum absolute atomic E-state index is 4.70. The first-order valence-electron chi connectivity index (χ1n) is 5.15. The molecule has 2 aromatic rings. The second kappa shape index (κ2) is 4.44. The second-order valence-corrected chi connectivity index (χ2v) is 3.68. The zero-order valence-electron chi connectivity index (χ0n) is 9.69. The molecule has 0 spiro atoms.